The fourth-order valence-electron chi connectivity index (χ4n) is 1.80. The highest BCUT2D eigenvalue weighted by Gasteiger charge is 2.04. The third-order valence-electron chi connectivity index (χ3n) is 2.70. The highest BCUT2D eigenvalue weighted by atomic mass is 16.1. The van der Waals surface area contributed by atoms with E-state index in [1.165, 1.54) is 0 Å². The van der Waals surface area contributed by atoms with Crippen molar-refractivity contribution in [1.29, 1.82) is 0 Å². The minimum atomic E-state index is 0.193. The molecular weight excluding hydrogens is 210 g/mol. The Morgan fingerprint density at radius 2 is 2.00 bits per heavy atom. The Labute approximate surface area is 101 Å². The van der Waals surface area contributed by atoms with Gasteiger partial charge < -0.3 is 0 Å². The summed E-state index contributed by atoms with van der Waals surface area (Å²) < 4.78 is 0. The highest BCUT2D eigenvalue weighted by Crippen LogP contribution is 2.12. The topological polar surface area (TPSA) is 30.0 Å². The van der Waals surface area contributed by atoms with E-state index in [2.05, 4.69) is 4.98 Å². The van der Waals surface area contributed by atoms with Gasteiger partial charge in [-0.3, -0.25) is 9.78 Å². The molecule has 1 aromatic carbocycles. The number of hydrogen-bond acceptors (Lipinski definition) is 2. The predicted octanol–water partition coefficient (Wildman–Crippen LogP) is 3.27. The van der Waals surface area contributed by atoms with E-state index in [9.17, 15) is 4.79 Å². The largest absolute Gasteiger partial charge is 0.294 e. The molecule has 17 heavy (non-hydrogen) atoms. The number of Topliss-reactive ketones (excluding diaryl/α,β-unsaturated/α-hetero) is 1. The normalized spacial score (nSPS) is 10.2. The number of pyridine rings is 1. The number of rotatable bonds is 4. The molecule has 0 N–H and O–H groups in total. The molecule has 1 heterocycles. The molecular formula is C15H15NO. The second-order valence-corrected chi connectivity index (χ2v) is 4.02. The smallest absolute Gasteiger partial charge is 0.162 e. The van der Waals surface area contributed by atoms with Crippen molar-refractivity contribution in [3.05, 3.63) is 65.5 Å². The molecule has 1 aromatic heterocycles. The molecule has 2 heteroatoms. The third-order valence-corrected chi connectivity index (χ3v) is 2.70. The average molecular weight is 225 g/mol. The SMILES string of the molecule is CCC(=O)c1cccc(Cc2cccnc2)c1. The maximum atomic E-state index is 11.6. The first kappa shape index (κ1) is 11.5. The lowest BCUT2D eigenvalue weighted by Crippen LogP contribution is -1.98. The monoisotopic (exact) mass is 225 g/mol. The van der Waals surface area contributed by atoms with Gasteiger partial charge in [0.2, 0.25) is 0 Å². The van der Waals surface area contributed by atoms with E-state index in [1.54, 1.807) is 6.20 Å². The fourth-order valence-corrected chi connectivity index (χ4v) is 1.80. The van der Waals surface area contributed by atoms with Gasteiger partial charge in [-0.1, -0.05) is 31.2 Å². The lowest BCUT2D eigenvalue weighted by molar-refractivity contribution is 0.0988. The molecule has 86 valence electrons. The zero-order valence-corrected chi connectivity index (χ0v) is 9.89. The van der Waals surface area contributed by atoms with Crippen molar-refractivity contribution >= 4 is 5.78 Å². The van der Waals surface area contributed by atoms with Gasteiger partial charge in [-0.2, -0.15) is 0 Å². The van der Waals surface area contributed by atoms with Crippen molar-refractivity contribution in [2.75, 3.05) is 0 Å². The van der Waals surface area contributed by atoms with Crippen LogP contribution in [-0.4, -0.2) is 10.8 Å². The van der Waals surface area contributed by atoms with Crippen LogP contribution in [0.2, 0.25) is 0 Å². The first-order valence-electron chi connectivity index (χ1n) is 5.80. The van der Waals surface area contributed by atoms with E-state index in [0.717, 1.165) is 23.1 Å². The Morgan fingerprint density at radius 1 is 1.18 bits per heavy atom. The lowest BCUT2D eigenvalue weighted by atomic mass is 10.0. The summed E-state index contributed by atoms with van der Waals surface area (Å²) in [7, 11) is 0. The molecule has 0 aliphatic rings. The van der Waals surface area contributed by atoms with Crippen LogP contribution in [0.25, 0.3) is 0 Å². The molecule has 0 radical (unpaired) electrons. The Kier molecular flexibility index (Phi) is 3.66. The van der Waals surface area contributed by atoms with E-state index < -0.39 is 0 Å². The Hall–Kier alpha value is -1.96. The van der Waals surface area contributed by atoms with Crippen LogP contribution in [0.3, 0.4) is 0 Å². The average Bonchev–Trinajstić information content (AvgIpc) is 2.39. The minimum absolute atomic E-state index is 0.193. The molecule has 0 aliphatic heterocycles. The van der Waals surface area contributed by atoms with Gasteiger partial charge >= 0.3 is 0 Å². The number of carbonyl (C=O) groups excluding carboxylic acids is 1. The van der Waals surface area contributed by atoms with Crippen LogP contribution in [0, 0.1) is 0 Å². The van der Waals surface area contributed by atoms with Crippen LogP contribution in [0.15, 0.2) is 48.8 Å². The molecule has 0 saturated carbocycles. The fraction of sp³-hybridized carbons (Fsp3) is 0.200. The first-order valence-corrected chi connectivity index (χ1v) is 5.80. The molecule has 0 bridgehead atoms. The standard InChI is InChI=1S/C15H15NO/c1-2-15(17)14-7-3-5-12(10-14)9-13-6-4-8-16-11-13/h3-8,10-11H,2,9H2,1H3. The molecule has 0 atom stereocenters. The summed E-state index contributed by atoms with van der Waals surface area (Å²) in [6.07, 6.45) is 4.99. The predicted molar refractivity (Wildman–Crippen MR) is 68.1 cm³/mol. The zero-order chi connectivity index (χ0) is 12.1. The number of carbonyl (C=O) groups is 1. The maximum Gasteiger partial charge on any atom is 0.162 e. The van der Waals surface area contributed by atoms with Crippen molar-refractivity contribution in [3.63, 3.8) is 0 Å². The summed E-state index contributed by atoms with van der Waals surface area (Å²) in [6, 6.07) is 11.8. The van der Waals surface area contributed by atoms with Gasteiger partial charge in [-0.25, -0.2) is 0 Å². The second kappa shape index (κ2) is 5.39. The van der Waals surface area contributed by atoms with Crippen molar-refractivity contribution in [3.8, 4) is 0 Å². The third kappa shape index (κ3) is 3.00. The molecule has 0 spiro atoms. The van der Waals surface area contributed by atoms with E-state index in [0.29, 0.717) is 6.42 Å². The summed E-state index contributed by atoms with van der Waals surface area (Å²) in [5.74, 6) is 0.193. The summed E-state index contributed by atoms with van der Waals surface area (Å²) >= 11 is 0. The van der Waals surface area contributed by atoms with Crippen molar-refractivity contribution in [2.45, 2.75) is 19.8 Å². The Bertz CT molecular complexity index is 505. The summed E-state index contributed by atoms with van der Waals surface area (Å²) in [4.78, 5) is 15.7. The van der Waals surface area contributed by atoms with Crippen molar-refractivity contribution in [2.24, 2.45) is 0 Å². The molecule has 0 aliphatic carbocycles. The van der Waals surface area contributed by atoms with Gasteiger partial charge in [0, 0.05) is 24.4 Å². The van der Waals surface area contributed by atoms with Crippen molar-refractivity contribution < 1.29 is 4.79 Å². The molecule has 2 rings (SSSR count). The summed E-state index contributed by atoms with van der Waals surface area (Å²) in [5, 5.41) is 0. The Morgan fingerprint density at radius 3 is 2.71 bits per heavy atom. The van der Waals surface area contributed by atoms with Gasteiger partial charge in [-0.05, 0) is 29.7 Å². The summed E-state index contributed by atoms with van der Waals surface area (Å²) in [5.41, 5.74) is 3.11. The number of hydrogen-bond donors (Lipinski definition) is 0. The van der Waals surface area contributed by atoms with Crippen LogP contribution in [0.1, 0.15) is 34.8 Å². The maximum absolute atomic E-state index is 11.6. The first-order chi connectivity index (χ1) is 8.29. The zero-order valence-electron chi connectivity index (χ0n) is 9.89. The quantitative estimate of drug-likeness (QED) is 0.747. The van der Waals surface area contributed by atoms with E-state index in [4.69, 9.17) is 0 Å². The van der Waals surface area contributed by atoms with Gasteiger partial charge in [0.05, 0.1) is 0 Å². The highest BCUT2D eigenvalue weighted by molar-refractivity contribution is 5.95. The van der Waals surface area contributed by atoms with Gasteiger partial charge in [0.1, 0.15) is 0 Å². The van der Waals surface area contributed by atoms with Gasteiger partial charge in [-0.15, -0.1) is 0 Å². The van der Waals surface area contributed by atoms with E-state index in [1.807, 2.05) is 49.5 Å². The number of ketones is 1. The number of benzene rings is 1. The van der Waals surface area contributed by atoms with E-state index >= 15 is 0 Å². The molecule has 0 saturated heterocycles. The molecule has 0 amide bonds. The minimum Gasteiger partial charge on any atom is -0.294 e. The molecule has 0 fully saturated rings. The molecule has 2 aromatic rings. The lowest BCUT2D eigenvalue weighted by Gasteiger charge is -2.04. The van der Waals surface area contributed by atoms with Gasteiger partial charge in [0.25, 0.3) is 0 Å². The number of aromatic nitrogens is 1. The van der Waals surface area contributed by atoms with Gasteiger partial charge in [0.15, 0.2) is 5.78 Å². The Balaban J connectivity index is 2.20. The second-order valence-electron chi connectivity index (χ2n) is 4.02. The summed E-state index contributed by atoms with van der Waals surface area (Å²) in [6.45, 7) is 1.89. The van der Waals surface area contributed by atoms with Crippen LogP contribution in [0.5, 0.6) is 0 Å². The van der Waals surface area contributed by atoms with Crippen molar-refractivity contribution in [1.82, 2.24) is 4.98 Å². The van der Waals surface area contributed by atoms with Crippen LogP contribution in [0.4, 0.5) is 0 Å². The van der Waals surface area contributed by atoms with Crippen LogP contribution >= 0.6 is 0 Å². The number of nitrogens with zero attached hydrogens (tertiary/aromatic N) is 1. The van der Waals surface area contributed by atoms with Crippen LogP contribution in [-0.2, 0) is 6.42 Å². The van der Waals surface area contributed by atoms with E-state index in [-0.39, 0.29) is 5.78 Å². The van der Waals surface area contributed by atoms with Crippen LogP contribution < -0.4 is 0 Å². The molecule has 2 nitrogen and oxygen atoms in total. The molecule has 0 unspecified atom stereocenters.